The summed E-state index contributed by atoms with van der Waals surface area (Å²) in [6, 6.07) is 13.9. The fraction of sp³-hybridized carbons (Fsp3) is 0.263. The van der Waals surface area contributed by atoms with Crippen LogP contribution in [0.25, 0.3) is 0 Å². The van der Waals surface area contributed by atoms with E-state index in [9.17, 15) is 14.9 Å². The van der Waals surface area contributed by atoms with E-state index in [4.69, 9.17) is 17.0 Å². The van der Waals surface area contributed by atoms with Crippen LogP contribution in [0.4, 0.5) is 11.4 Å². The number of carbonyl (C=O) groups is 1. The van der Waals surface area contributed by atoms with Gasteiger partial charge in [0.15, 0.2) is 5.11 Å². The zero-order chi connectivity index (χ0) is 19.9. The molecule has 2 N–H and O–H groups in total. The minimum atomic E-state index is -0.522. The number of ether oxygens (including phenoxy) is 1. The van der Waals surface area contributed by atoms with Gasteiger partial charge in [0.2, 0.25) is 0 Å². The molecule has 8 nitrogen and oxygen atoms in total. The minimum absolute atomic E-state index is 0.148. The fourth-order valence-corrected chi connectivity index (χ4v) is 3.06. The first kappa shape index (κ1) is 19.7. The van der Waals surface area contributed by atoms with Gasteiger partial charge in [-0.3, -0.25) is 20.2 Å². The lowest BCUT2D eigenvalue weighted by Crippen LogP contribution is -2.41. The van der Waals surface area contributed by atoms with E-state index in [1.807, 2.05) is 35.2 Å². The molecule has 0 saturated carbocycles. The maximum Gasteiger partial charge on any atom is 0.270 e. The number of nitro benzene ring substituents is 1. The first-order valence-electron chi connectivity index (χ1n) is 8.79. The summed E-state index contributed by atoms with van der Waals surface area (Å²) in [4.78, 5) is 25.4. The molecular weight excluding hydrogens is 380 g/mol. The number of nitrogens with zero attached hydrogens (tertiary/aromatic N) is 2. The number of amides is 1. The Hall–Kier alpha value is -3.04. The fourth-order valence-electron chi connectivity index (χ4n) is 2.89. The number of thiocarbonyl (C=S) groups is 1. The second-order valence-corrected chi connectivity index (χ2v) is 6.59. The average Bonchev–Trinajstić information content (AvgIpc) is 2.73. The molecule has 2 aromatic carbocycles. The third kappa shape index (κ3) is 5.02. The number of nitrogens with one attached hydrogen (secondary N) is 2. The Balaban J connectivity index is 1.73. The number of hydrogen-bond acceptors (Lipinski definition) is 6. The van der Waals surface area contributed by atoms with Gasteiger partial charge in [0.1, 0.15) is 0 Å². The van der Waals surface area contributed by atoms with Crippen molar-refractivity contribution in [2.24, 2.45) is 0 Å². The van der Waals surface area contributed by atoms with Gasteiger partial charge in [0.25, 0.3) is 11.6 Å². The lowest BCUT2D eigenvalue weighted by Gasteiger charge is -2.30. The number of morpholine rings is 1. The highest BCUT2D eigenvalue weighted by molar-refractivity contribution is 7.80. The van der Waals surface area contributed by atoms with Crippen molar-refractivity contribution in [3.05, 3.63) is 69.8 Å². The van der Waals surface area contributed by atoms with Crippen molar-refractivity contribution in [2.75, 3.05) is 31.2 Å². The average molecular weight is 400 g/mol. The van der Waals surface area contributed by atoms with Crippen molar-refractivity contribution in [1.82, 2.24) is 10.6 Å². The Kier molecular flexibility index (Phi) is 6.51. The smallest absolute Gasteiger partial charge is 0.270 e. The molecule has 1 aliphatic heterocycles. The molecule has 1 saturated heterocycles. The van der Waals surface area contributed by atoms with E-state index in [1.54, 1.807) is 6.07 Å². The molecule has 28 heavy (non-hydrogen) atoms. The Labute approximate surface area is 167 Å². The largest absolute Gasteiger partial charge is 0.378 e. The van der Waals surface area contributed by atoms with Gasteiger partial charge in [0.05, 0.1) is 29.4 Å². The highest BCUT2D eigenvalue weighted by Crippen LogP contribution is 2.26. The van der Waals surface area contributed by atoms with Crippen LogP contribution < -0.4 is 15.5 Å². The lowest BCUT2D eigenvalue weighted by atomic mass is 10.1. The maximum atomic E-state index is 12.8. The molecule has 0 aliphatic carbocycles. The Morgan fingerprint density at radius 3 is 2.57 bits per heavy atom. The third-order valence-corrected chi connectivity index (χ3v) is 4.56. The van der Waals surface area contributed by atoms with Crippen molar-refractivity contribution in [3.63, 3.8) is 0 Å². The number of carbonyl (C=O) groups excluding carboxylic acids is 1. The normalized spacial score (nSPS) is 13.6. The molecule has 0 bridgehead atoms. The topological polar surface area (TPSA) is 96.7 Å². The van der Waals surface area contributed by atoms with Gasteiger partial charge in [-0.2, -0.15) is 0 Å². The predicted molar refractivity (Wildman–Crippen MR) is 109 cm³/mol. The quantitative estimate of drug-likeness (QED) is 0.451. The number of nitro groups is 1. The molecule has 2 aromatic rings. The molecule has 146 valence electrons. The molecule has 0 atom stereocenters. The highest BCUT2D eigenvalue weighted by atomic mass is 32.1. The van der Waals surface area contributed by atoms with E-state index in [1.165, 1.54) is 12.1 Å². The summed E-state index contributed by atoms with van der Waals surface area (Å²) in [5, 5.41) is 16.9. The van der Waals surface area contributed by atoms with E-state index >= 15 is 0 Å². The van der Waals surface area contributed by atoms with Crippen LogP contribution in [-0.2, 0) is 11.3 Å². The second-order valence-electron chi connectivity index (χ2n) is 6.18. The van der Waals surface area contributed by atoms with Gasteiger partial charge >= 0.3 is 0 Å². The highest BCUT2D eigenvalue weighted by Gasteiger charge is 2.22. The number of anilines is 1. The maximum absolute atomic E-state index is 12.8. The van der Waals surface area contributed by atoms with Crippen LogP contribution in [0.15, 0.2) is 48.5 Å². The van der Waals surface area contributed by atoms with Gasteiger partial charge in [-0.1, -0.05) is 30.3 Å². The van der Waals surface area contributed by atoms with Crippen LogP contribution >= 0.6 is 12.2 Å². The van der Waals surface area contributed by atoms with Crippen LogP contribution in [0.1, 0.15) is 15.9 Å². The summed E-state index contributed by atoms with van der Waals surface area (Å²) in [6.07, 6.45) is 0. The van der Waals surface area contributed by atoms with Crippen molar-refractivity contribution in [1.29, 1.82) is 0 Å². The summed E-state index contributed by atoms with van der Waals surface area (Å²) >= 11 is 5.20. The van der Waals surface area contributed by atoms with Gasteiger partial charge in [-0.25, -0.2) is 0 Å². The Bertz CT molecular complexity index is 869. The van der Waals surface area contributed by atoms with Crippen LogP contribution in [0.2, 0.25) is 0 Å². The number of rotatable bonds is 5. The van der Waals surface area contributed by atoms with E-state index < -0.39 is 10.8 Å². The second kappa shape index (κ2) is 9.25. The number of hydrogen-bond donors (Lipinski definition) is 2. The van der Waals surface area contributed by atoms with Crippen molar-refractivity contribution >= 4 is 34.6 Å². The van der Waals surface area contributed by atoms with Crippen LogP contribution in [0, 0.1) is 10.1 Å². The monoisotopic (exact) mass is 400 g/mol. The molecule has 1 aliphatic rings. The molecule has 0 unspecified atom stereocenters. The molecular formula is C19H20N4O4S. The molecule has 0 spiro atoms. The summed E-state index contributed by atoms with van der Waals surface area (Å²) in [5.74, 6) is -0.490. The Morgan fingerprint density at radius 2 is 1.89 bits per heavy atom. The SMILES string of the molecule is O=C(NC(=S)NCc1ccccc1)c1cc([N+](=O)[O-])ccc1N1CCOCC1. The van der Waals surface area contributed by atoms with Gasteiger partial charge < -0.3 is 15.0 Å². The summed E-state index contributed by atoms with van der Waals surface area (Å²) < 4.78 is 5.34. The number of non-ortho nitro benzene ring substituents is 1. The van der Waals surface area contributed by atoms with Gasteiger partial charge in [-0.15, -0.1) is 0 Å². The zero-order valence-corrected chi connectivity index (χ0v) is 15.9. The molecule has 0 radical (unpaired) electrons. The molecule has 0 aromatic heterocycles. The lowest BCUT2D eigenvalue weighted by molar-refractivity contribution is -0.384. The number of benzene rings is 2. The van der Waals surface area contributed by atoms with Crippen molar-refractivity contribution in [2.45, 2.75) is 6.54 Å². The summed E-state index contributed by atoms with van der Waals surface area (Å²) in [5.41, 5.74) is 1.70. The molecule has 1 fully saturated rings. The third-order valence-electron chi connectivity index (χ3n) is 4.31. The first-order chi connectivity index (χ1) is 13.5. The van der Waals surface area contributed by atoms with E-state index in [0.717, 1.165) is 5.56 Å². The van der Waals surface area contributed by atoms with Crippen LogP contribution in [-0.4, -0.2) is 42.2 Å². The molecule has 3 rings (SSSR count). The molecule has 9 heteroatoms. The van der Waals surface area contributed by atoms with E-state index in [2.05, 4.69) is 10.6 Å². The molecule has 1 amide bonds. The predicted octanol–water partition coefficient (Wildman–Crippen LogP) is 2.24. The minimum Gasteiger partial charge on any atom is -0.378 e. The van der Waals surface area contributed by atoms with E-state index in [0.29, 0.717) is 38.5 Å². The van der Waals surface area contributed by atoms with Gasteiger partial charge in [0, 0.05) is 31.8 Å². The van der Waals surface area contributed by atoms with Crippen molar-refractivity contribution in [3.8, 4) is 0 Å². The Morgan fingerprint density at radius 1 is 1.18 bits per heavy atom. The standard InChI is InChI=1S/C19H20N4O4S/c24-18(21-19(28)20-13-14-4-2-1-3-5-14)16-12-15(23(25)26)6-7-17(16)22-8-10-27-11-9-22/h1-7,12H,8-11,13H2,(H2,20,21,24,28). The summed E-state index contributed by atoms with van der Waals surface area (Å²) in [6.45, 7) is 2.75. The zero-order valence-electron chi connectivity index (χ0n) is 15.1. The van der Waals surface area contributed by atoms with Crippen LogP contribution in [0.3, 0.4) is 0 Å². The van der Waals surface area contributed by atoms with Gasteiger partial charge in [-0.05, 0) is 23.8 Å². The first-order valence-corrected chi connectivity index (χ1v) is 9.19. The summed E-state index contributed by atoms with van der Waals surface area (Å²) in [7, 11) is 0. The van der Waals surface area contributed by atoms with Crippen molar-refractivity contribution < 1.29 is 14.5 Å². The van der Waals surface area contributed by atoms with E-state index in [-0.39, 0.29) is 16.4 Å². The molecule has 1 heterocycles. The van der Waals surface area contributed by atoms with Crippen LogP contribution in [0.5, 0.6) is 0 Å².